The summed E-state index contributed by atoms with van der Waals surface area (Å²) in [6, 6.07) is 2.38. The summed E-state index contributed by atoms with van der Waals surface area (Å²) in [6.45, 7) is 0. The van der Waals surface area contributed by atoms with E-state index >= 15 is 0 Å². The molecule has 0 spiro atoms. The lowest BCUT2D eigenvalue weighted by Crippen LogP contribution is -2.16. The highest BCUT2D eigenvalue weighted by Crippen LogP contribution is 2.38. The molecule has 9 heteroatoms. The summed E-state index contributed by atoms with van der Waals surface area (Å²) in [5.41, 5.74) is -2.82. The Balaban J connectivity index is 2.84. The Hall–Kier alpha value is -1.44. The average molecular weight is 289 g/mol. The van der Waals surface area contributed by atoms with Gasteiger partial charge in [0.2, 0.25) is 5.28 Å². The summed E-state index contributed by atoms with van der Waals surface area (Å²) in [4.78, 5) is 3.13. The summed E-state index contributed by atoms with van der Waals surface area (Å²) >= 11 is 5.24. The van der Waals surface area contributed by atoms with Crippen LogP contribution in [0.25, 0.3) is 11.0 Å². The largest absolute Gasteiger partial charge is 0.491 e. The van der Waals surface area contributed by atoms with Gasteiger partial charge >= 0.3 is 12.5 Å². The fraction of sp³-hybridized carbons (Fsp3) is 0.222. The van der Waals surface area contributed by atoms with Crippen molar-refractivity contribution >= 4 is 22.6 Å². The van der Waals surface area contributed by atoms with Crippen LogP contribution in [0, 0.1) is 0 Å². The molecular formula is C9H3ClF6N2. The molecule has 1 aromatic heterocycles. The van der Waals surface area contributed by atoms with E-state index in [4.69, 9.17) is 11.6 Å². The van der Waals surface area contributed by atoms with Gasteiger partial charge in [0.05, 0.1) is 11.1 Å². The monoisotopic (exact) mass is 288 g/mol. The molecule has 0 saturated heterocycles. The first-order valence-electron chi connectivity index (χ1n) is 4.43. The van der Waals surface area contributed by atoms with E-state index in [1.54, 1.807) is 0 Å². The Bertz CT molecular complexity index is 597. The van der Waals surface area contributed by atoms with Crippen molar-refractivity contribution in [2.75, 3.05) is 0 Å². The van der Waals surface area contributed by atoms with Gasteiger partial charge in [0.15, 0.2) is 0 Å². The minimum absolute atomic E-state index is 0.404. The zero-order valence-corrected chi connectivity index (χ0v) is 9.03. The molecule has 0 bridgehead atoms. The van der Waals surface area contributed by atoms with Gasteiger partial charge in [-0.05, 0) is 23.7 Å². The number of hydrogen-bond donors (Lipinski definition) is 0. The molecule has 0 aliphatic heterocycles. The lowest BCUT2D eigenvalue weighted by Gasteiger charge is -2.10. The molecule has 0 fully saturated rings. The van der Waals surface area contributed by atoms with E-state index in [2.05, 4.69) is 4.98 Å². The zero-order chi connectivity index (χ0) is 13.7. The van der Waals surface area contributed by atoms with Crippen molar-refractivity contribution in [2.45, 2.75) is 12.5 Å². The van der Waals surface area contributed by atoms with Crippen molar-refractivity contribution in [3.8, 4) is 0 Å². The molecule has 98 valence electrons. The molecule has 1 aromatic carbocycles. The number of nitrogens with zero attached hydrogens (tertiary/aromatic N) is 2. The fourth-order valence-electron chi connectivity index (χ4n) is 1.54. The van der Waals surface area contributed by atoms with E-state index in [0.29, 0.717) is 6.07 Å². The first kappa shape index (κ1) is 13.0. The van der Waals surface area contributed by atoms with E-state index in [0.717, 1.165) is 12.1 Å². The number of rotatable bonds is 0. The Morgan fingerprint density at radius 2 is 1.67 bits per heavy atom. The summed E-state index contributed by atoms with van der Waals surface area (Å²) in [5.74, 6) is 0. The van der Waals surface area contributed by atoms with Gasteiger partial charge in [-0.15, -0.1) is 13.2 Å². The molecule has 0 atom stereocenters. The van der Waals surface area contributed by atoms with E-state index in [9.17, 15) is 26.3 Å². The van der Waals surface area contributed by atoms with E-state index in [1.165, 1.54) is 0 Å². The number of fused-ring (bicyclic) bond motifs is 1. The van der Waals surface area contributed by atoms with Crippen LogP contribution in [0.3, 0.4) is 0 Å². The number of hydrogen-bond acceptors (Lipinski definition) is 1. The second kappa shape index (κ2) is 3.78. The molecule has 18 heavy (non-hydrogen) atoms. The first-order chi connectivity index (χ1) is 8.12. The number of alkyl halides is 6. The Morgan fingerprint density at radius 3 is 2.17 bits per heavy atom. The highest BCUT2D eigenvalue weighted by atomic mass is 35.5. The normalized spacial score (nSPS) is 13.3. The third-order valence-corrected chi connectivity index (χ3v) is 2.46. The average Bonchev–Trinajstić information content (AvgIpc) is 2.50. The van der Waals surface area contributed by atoms with E-state index in [-0.39, 0.29) is 0 Å². The van der Waals surface area contributed by atoms with Crippen LogP contribution in [-0.2, 0) is 12.5 Å². The predicted molar refractivity (Wildman–Crippen MR) is 51.0 cm³/mol. The van der Waals surface area contributed by atoms with Gasteiger partial charge in [-0.3, -0.25) is 0 Å². The number of aromatic nitrogens is 2. The molecule has 0 radical (unpaired) electrons. The quantitative estimate of drug-likeness (QED) is 0.665. The van der Waals surface area contributed by atoms with Gasteiger partial charge in [0.25, 0.3) is 0 Å². The number of benzene rings is 1. The smallest absolute Gasteiger partial charge is 0.224 e. The van der Waals surface area contributed by atoms with Crippen molar-refractivity contribution < 1.29 is 26.3 Å². The molecule has 0 saturated carbocycles. The van der Waals surface area contributed by atoms with Crippen LogP contribution in [0.5, 0.6) is 0 Å². The standard InChI is InChI=1S/C9H3ClF6N2/c10-7-17-6-4(8(11,12)13)2-1-3-5(6)18(7)9(14,15)16/h1-3H. The maximum atomic E-state index is 12.6. The molecule has 0 aliphatic rings. The second-order valence-electron chi connectivity index (χ2n) is 3.36. The van der Waals surface area contributed by atoms with Crippen LogP contribution < -0.4 is 0 Å². The summed E-state index contributed by atoms with van der Waals surface area (Å²) in [7, 11) is 0. The number of halogens is 7. The van der Waals surface area contributed by atoms with Crippen LogP contribution in [0.1, 0.15) is 5.56 Å². The Labute approximate surface area is 101 Å². The number of para-hydroxylation sites is 1. The topological polar surface area (TPSA) is 17.8 Å². The van der Waals surface area contributed by atoms with Crippen LogP contribution >= 0.6 is 11.6 Å². The second-order valence-corrected chi connectivity index (χ2v) is 3.69. The van der Waals surface area contributed by atoms with Gasteiger partial charge in [0.1, 0.15) is 5.52 Å². The van der Waals surface area contributed by atoms with Crippen molar-refractivity contribution in [2.24, 2.45) is 0 Å². The molecule has 1 heterocycles. The Morgan fingerprint density at radius 1 is 1.06 bits per heavy atom. The molecule has 0 amide bonds. The Kier molecular flexibility index (Phi) is 2.73. The van der Waals surface area contributed by atoms with Gasteiger partial charge in [-0.25, -0.2) is 9.55 Å². The molecule has 2 aromatic rings. The summed E-state index contributed by atoms with van der Waals surface area (Å²) < 4.78 is 75.1. The lowest BCUT2D eigenvalue weighted by molar-refractivity contribution is -0.200. The molecule has 0 unspecified atom stereocenters. The van der Waals surface area contributed by atoms with Crippen molar-refractivity contribution in [3.63, 3.8) is 0 Å². The van der Waals surface area contributed by atoms with Crippen molar-refractivity contribution in [1.29, 1.82) is 0 Å². The van der Waals surface area contributed by atoms with Crippen molar-refractivity contribution in [1.82, 2.24) is 9.55 Å². The van der Waals surface area contributed by atoms with Gasteiger partial charge in [-0.1, -0.05) is 6.07 Å². The van der Waals surface area contributed by atoms with Crippen LogP contribution in [0.4, 0.5) is 26.3 Å². The fourth-order valence-corrected chi connectivity index (χ4v) is 1.81. The zero-order valence-electron chi connectivity index (χ0n) is 8.27. The molecule has 2 nitrogen and oxygen atoms in total. The third kappa shape index (κ3) is 2.00. The minimum atomic E-state index is -4.93. The molecule has 0 N–H and O–H groups in total. The highest BCUT2D eigenvalue weighted by Gasteiger charge is 2.39. The molecule has 0 aliphatic carbocycles. The maximum absolute atomic E-state index is 12.6. The minimum Gasteiger partial charge on any atom is -0.224 e. The predicted octanol–water partition coefficient (Wildman–Crippen LogP) is 4.18. The molecule has 2 rings (SSSR count). The lowest BCUT2D eigenvalue weighted by atomic mass is 10.2. The van der Waals surface area contributed by atoms with Crippen LogP contribution in [0.2, 0.25) is 5.28 Å². The van der Waals surface area contributed by atoms with E-state index < -0.39 is 38.9 Å². The maximum Gasteiger partial charge on any atom is 0.491 e. The van der Waals surface area contributed by atoms with Crippen molar-refractivity contribution in [3.05, 3.63) is 29.0 Å². The van der Waals surface area contributed by atoms with Crippen LogP contribution in [-0.4, -0.2) is 9.55 Å². The summed E-state index contributed by atoms with van der Waals surface area (Å²) in [6.07, 6.45) is -9.73. The summed E-state index contributed by atoms with van der Waals surface area (Å²) in [5, 5.41) is -1.06. The SMILES string of the molecule is FC(F)(F)c1cccc2c1nc(Cl)n2C(F)(F)F. The van der Waals surface area contributed by atoms with Gasteiger partial charge in [-0.2, -0.15) is 13.2 Å². The van der Waals surface area contributed by atoms with Gasteiger partial charge in [0, 0.05) is 0 Å². The van der Waals surface area contributed by atoms with Gasteiger partial charge < -0.3 is 0 Å². The van der Waals surface area contributed by atoms with E-state index in [1.807, 2.05) is 0 Å². The first-order valence-corrected chi connectivity index (χ1v) is 4.81. The molecular weight excluding hydrogens is 286 g/mol. The number of imidazole rings is 1. The third-order valence-electron chi connectivity index (χ3n) is 2.20. The van der Waals surface area contributed by atoms with Crippen LogP contribution in [0.15, 0.2) is 18.2 Å². The highest BCUT2D eigenvalue weighted by molar-refractivity contribution is 6.29.